The predicted molar refractivity (Wildman–Crippen MR) is 63.8 cm³/mol. The largest absolute Gasteiger partial charge is 0.506 e. The third-order valence-electron chi connectivity index (χ3n) is 3.37. The molecule has 1 fully saturated rings. The summed E-state index contributed by atoms with van der Waals surface area (Å²) in [5.74, 6) is 0.218. The molecule has 2 aliphatic rings. The van der Waals surface area contributed by atoms with Crippen LogP contribution >= 0.6 is 11.8 Å². The van der Waals surface area contributed by atoms with Crippen molar-refractivity contribution < 1.29 is 9.90 Å². The number of carbonyl (C=O) groups excluding carboxylic acids is 1. The lowest BCUT2D eigenvalue weighted by atomic mass is 10.1. The van der Waals surface area contributed by atoms with E-state index in [1.165, 1.54) is 0 Å². The van der Waals surface area contributed by atoms with Gasteiger partial charge in [-0.1, -0.05) is 18.9 Å². The van der Waals surface area contributed by atoms with Gasteiger partial charge in [-0.25, -0.2) is 0 Å². The van der Waals surface area contributed by atoms with Crippen molar-refractivity contribution in [2.24, 2.45) is 0 Å². The topological polar surface area (TPSA) is 49.3 Å². The zero-order chi connectivity index (χ0) is 11.2. The van der Waals surface area contributed by atoms with Crippen LogP contribution in [0, 0.1) is 0 Å². The molecule has 0 radical (unpaired) electrons. The molecule has 1 amide bonds. The van der Waals surface area contributed by atoms with Crippen molar-refractivity contribution in [1.29, 1.82) is 0 Å². The van der Waals surface area contributed by atoms with E-state index in [-0.39, 0.29) is 16.4 Å². The smallest absolute Gasteiger partial charge is 0.241 e. The molecular weight excluding hydrogens is 222 g/mol. The Balaban J connectivity index is 2.05. The Kier molecular flexibility index (Phi) is 2.14. The Morgan fingerprint density at radius 2 is 2.06 bits per heavy atom. The number of phenols is 1. The van der Waals surface area contributed by atoms with Gasteiger partial charge in [-0.15, -0.1) is 11.8 Å². The standard InChI is InChI=1S/C12H13NO2S/c14-8-4-3-5-9-10(8)13-11(15)12(16-9)6-1-2-7-12/h3-5,14H,1-2,6-7H2,(H,13,15). The van der Waals surface area contributed by atoms with Crippen molar-refractivity contribution in [3.8, 4) is 5.75 Å². The van der Waals surface area contributed by atoms with Gasteiger partial charge in [0.05, 0.1) is 10.4 Å². The summed E-state index contributed by atoms with van der Waals surface area (Å²) < 4.78 is -0.277. The van der Waals surface area contributed by atoms with Gasteiger partial charge in [0, 0.05) is 4.90 Å². The van der Waals surface area contributed by atoms with Crippen LogP contribution < -0.4 is 5.32 Å². The van der Waals surface area contributed by atoms with Crippen molar-refractivity contribution in [2.45, 2.75) is 35.3 Å². The van der Waals surface area contributed by atoms with E-state index in [0.29, 0.717) is 5.69 Å². The van der Waals surface area contributed by atoms with Crippen LogP contribution in [0.1, 0.15) is 25.7 Å². The lowest BCUT2D eigenvalue weighted by Gasteiger charge is -2.32. The molecule has 3 nitrogen and oxygen atoms in total. The van der Waals surface area contributed by atoms with Gasteiger partial charge in [-0.05, 0) is 25.0 Å². The summed E-state index contributed by atoms with van der Waals surface area (Å²) in [6, 6.07) is 5.38. The third kappa shape index (κ3) is 1.33. The fraction of sp³-hybridized carbons (Fsp3) is 0.417. The van der Waals surface area contributed by atoms with Crippen molar-refractivity contribution in [3.05, 3.63) is 18.2 Å². The molecule has 2 N–H and O–H groups in total. The molecule has 1 saturated carbocycles. The van der Waals surface area contributed by atoms with E-state index >= 15 is 0 Å². The lowest BCUT2D eigenvalue weighted by Crippen LogP contribution is -2.40. The normalized spacial score (nSPS) is 21.9. The number of para-hydroxylation sites is 1. The number of aromatic hydroxyl groups is 1. The van der Waals surface area contributed by atoms with Crippen LogP contribution in [0.3, 0.4) is 0 Å². The van der Waals surface area contributed by atoms with Crippen LogP contribution in [0.2, 0.25) is 0 Å². The molecule has 0 bridgehead atoms. The fourth-order valence-electron chi connectivity index (χ4n) is 2.49. The molecule has 0 atom stereocenters. The number of carbonyl (C=O) groups is 1. The lowest BCUT2D eigenvalue weighted by molar-refractivity contribution is -0.118. The highest BCUT2D eigenvalue weighted by Gasteiger charge is 2.45. The van der Waals surface area contributed by atoms with Crippen LogP contribution in [0.4, 0.5) is 5.69 Å². The molecule has 0 unspecified atom stereocenters. The van der Waals surface area contributed by atoms with Crippen LogP contribution in [0.25, 0.3) is 0 Å². The Hall–Kier alpha value is -1.16. The first-order chi connectivity index (χ1) is 7.71. The number of hydrogen-bond acceptors (Lipinski definition) is 3. The van der Waals surface area contributed by atoms with Crippen molar-refractivity contribution in [2.75, 3.05) is 5.32 Å². The van der Waals surface area contributed by atoms with E-state index in [1.54, 1.807) is 17.8 Å². The van der Waals surface area contributed by atoms with Gasteiger partial charge in [0.2, 0.25) is 5.91 Å². The summed E-state index contributed by atoms with van der Waals surface area (Å²) in [7, 11) is 0. The second-order valence-electron chi connectivity index (χ2n) is 4.41. The van der Waals surface area contributed by atoms with Crippen LogP contribution in [-0.2, 0) is 4.79 Å². The van der Waals surface area contributed by atoms with Crippen LogP contribution in [0.5, 0.6) is 5.75 Å². The average Bonchev–Trinajstić information content (AvgIpc) is 2.71. The summed E-state index contributed by atoms with van der Waals surface area (Å²) >= 11 is 1.62. The van der Waals surface area contributed by atoms with Gasteiger partial charge in [-0.2, -0.15) is 0 Å². The van der Waals surface area contributed by atoms with E-state index in [2.05, 4.69) is 5.32 Å². The molecule has 1 aliphatic carbocycles. The predicted octanol–water partition coefficient (Wildman–Crippen LogP) is 2.75. The molecule has 4 heteroatoms. The summed E-state index contributed by atoms with van der Waals surface area (Å²) in [4.78, 5) is 13.1. The number of benzene rings is 1. The molecule has 1 aromatic rings. The maximum absolute atomic E-state index is 12.1. The first-order valence-electron chi connectivity index (χ1n) is 5.54. The zero-order valence-electron chi connectivity index (χ0n) is 8.82. The molecule has 84 valence electrons. The highest BCUT2D eigenvalue weighted by atomic mass is 32.2. The maximum Gasteiger partial charge on any atom is 0.241 e. The maximum atomic E-state index is 12.1. The Labute approximate surface area is 98.2 Å². The molecule has 16 heavy (non-hydrogen) atoms. The van der Waals surface area contributed by atoms with Crippen molar-refractivity contribution in [1.82, 2.24) is 0 Å². The Morgan fingerprint density at radius 1 is 1.31 bits per heavy atom. The first kappa shape index (κ1) is 10.0. The fourth-order valence-corrected chi connectivity index (χ4v) is 3.95. The van der Waals surface area contributed by atoms with Crippen LogP contribution in [-0.4, -0.2) is 15.8 Å². The van der Waals surface area contributed by atoms with Gasteiger partial charge in [0.1, 0.15) is 5.75 Å². The Bertz CT molecular complexity index is 452. The number of fused-ring (bicyclic) bond motifs is 1. The number of amides is 1. The molecule has 1 aliphatic heterocycles. The summed E-state index contributed by atoms with van der Waals surface area (Å²) in [5.41, 5.74) is 0.579. The second kappa shape index (κ2) is 3.42. The minimum absolute atomic E-state index is 0.0593. The number of phenolic OH excluding ortho intramolecular Hbond substituents is 1. The minimum atomic E-state index is -0.277. The van der Waals surface area contributed by atoms with Gasteiger partial charge >= 0.3 is 0 Å². The highest BCUT2D eigenvalue weighted by Crippen LogP contribution is 2.52. The van der Waals surface area contributed by atoms with Gasteiger partial charge < -0.3 is 10.4 Å². The molecule has 3 rings (SSSR count). The third-order valence-corrected chi connectivity index (χ3v) is 4.92. The molecule has 1 spiro atoms. The molecule has 1 heterocycles. The number of hydrogen-bond donors (Lipinski definition) is 2. The zero-order valence-corrected chi connectivity index (χ0v) is 9.64. The van der Waals surface area contributed by atoms with E-state index in [9.17, 15) is 9.90 Å². The molecular formula is C12H13NO2S. The molecule has 1 aromatic carbocycles. The number of anilines is 1. The monoisotopic (exact) mass is 235 g/mol. The first-order valence-corrected chi connectivity index (χ1v) is 6.35. The number of nitrogens with one attached hydrogen (secondary N) is 1. The SMILES string of the molecule is O=C1Nc2c(O)cccc2SC12CCCC2. The van der Waals surface area contributed by atoms with E-state index in [4.69, 9.17) is 0 Å². The highest BCUT2D eigenvalue weighted by molar-refractivity contribution is 8.01. The van der Waals surface area contributed by atoms with Gasteiger partial charge in [0.15, 0.2) is 0 Å². The van der Waals surface area contributed by atoms with E-state index in [0.717, 1.165) is 30.6 Å². The minimum Gasteiger partial charge on any atom is -0.506 e. The summed E-state index contributed by atoms with van der Waals surface area (Å²) in [6.07, 6.45) is 4.13. The van der Waals surface area contributed by atoms with E-state index in [1.807, 2.05) is 12.1 Å². The molecule has 0 aromatic heterocycles. The summed E-state index contributed by atoms with van der Waals surface area (Å²) in [5, 5.41) is 12.5. The van der Waals surface area contributed by atoms with Gasteiger partial charge in [0.25, 0.3) is 0 Å². The second-order valence-corrected chi connectivity index (χ2v) is 5.83. The number of thioether (sulfide) groups is 1. The van der Waals surface area contributed by atoms with Crippen molar-refractivity contribution in [3.63, 3.8) is 0 Å². The summed E-state index contributed by atoms with van der Waals surface area (Å²) in [6.45, 7) is 0. The average molecular weight is 235 g/mol. The van der Waals surface area contributed by atoms with Crippen molar-refractivity contribution >= 4 is 23.4 Å². The Morgan fingerprint density at radius 3 is 2.81 bits per heavy atom. The van der Waals surface area contributed by atoms with Crippen LogP contribution in [0.15, 0.2) is 23.1 Å². The van der Waals surface area contributed by atoms with E-state index < -0.39 is 0 Å². The quantitative estimate of drug-likeness (QED) is 0.680. The number of rotatable bonds is 0. The van der Waals surface area contributed by atoms with Gasteiger partial charge in [-0.3, -0.25) is 4.79 Å². The molecule has 0 saturated heterocycles.